The van der Waals surface area contributed by atoms with Crippen molar-refractivity contribution in [3.8, 4) is 0 Å². The van der Waals surface area contributed by atoms with Crippen LogP contribution in [0.1, 0.15) is 69.4 Å². The van der Waals surface area contributed by atoms with Crippen molar-refractivity contribution in [2.45, 2.75) is 66.2 Å². The first-order valence-electron chi connectivity index (χ1n) is 8.75. The molecule has 0 aromatic heterocycles. The molecule has 1 nitrogen and oxygen atoms in total. The number of benzene rings is 2. The van der Waals surface area contributed by atoms with Crippen LogP contribution in [0.2, 0.25) is 0 Å². The van der Waals surface area contributed by atoms with E-state index in [1.807, 2.05) is 12.3 Å². The number of aliphatic imine (C=N–C) groups is 1. The summed E-state index contributed by atoms with van der Waals surface area (Å²) in [4.78, 5) is 4.76. The van der Waals surface area contributed by atoms with E-state index in [9.17, 15) is 0 Å². The van der Waals surface area contributed by atoms with Gasteiger partial charge in [0.2, 0.25) is 0 Å². The lowest BCUT2D eigenvalue weighted by Gasteiger charge is -2.28. The van der Waals surface area contributed by atoms with Gasteiger partial charge in [-0.05, 0) is 64.6 Å². The minimum atomic E-state index is 0.122. The number of para-hydroxylation sites is 1. The van der Waals surface area contributed by atoms with Crippen LogP contribution < -0.4 is 0 Å². The lowest BCUT2D eigenvalue weighted by atomic mass is 9.77. The zero-order valence-corrected chi connectivity index (χ0v) is 16.5. The second kappa shape index (κ2) is 6.55. The minimum Gasteiger partial charge on any atom is -0.256 e. The van der Waals surface area contributed by atoms with Crippen LogP contribution in [0.4, 0.5) is 5.69 Å². The van der Waals surface area contributed by atoms with Crippen LogP contribution in [0.5, 0.6) is 0 Å². The minimum absolute atomic E-state index is 0.122. The van der Waals surface area contributed by atoms with Crippen LogP contribution in [0.3, 0.4) is 0 Å². The summed E-state index contributed by atoms with van der Waals surface area (Å²) in [6.07, 6.45) is 2.03. The standard InChI is InChI=1S/C23H31N/c1-16-11-9-10-12-21(16)24-15-18-13-19(22(3,4)5)14-20(17(18)2)23(6,7)8/h9-15H,1-8H3/b24-15+. The highest BCUT2D eigenvalue weighted by Gasteiger charge is 2.22. The van der Waals surface area contributed by atoms with Crippen molar-refractivity contribution >= 4 is 11.9 Å². The summed E-state index contributed by atoms with van der Waals surface area (Å²) in [5.41, 5.74) is 7.80. The average Bonchev–Trinajstić information content (AvgIpc) is 2.45. The second-order valence-electron chi connectivity index (χ2n) is 8.78. The maximum atomic E-state index is 4.76. The molecule has 0 atom stereocenters. The van der Waals surface area contributed by atoms with Crippen LogP contribution in [0, 0.1) is 13.8 Å². The SMILES string of the molecule is Cc1ccccc1/N=C/c1cc(C(C)(C)C)cc(C(C)(C)C)c1C. The first-order chi connectivity index (χ1) is 11.0. The molecule has 0 aliphatic carbocycles. The first-order valence-corrected chi connectivity index (χ1v) is 8.75. The molecule has 0 radical (unpaired) electrons. The molecule has 0 aliphatic heterocycles. The third kappa shape index (κ3) is 4.14. The largest absolute Gasteiger partial charge is 0.256 e. The molecule has 1 heteroatoms. The molecule has 0 amide bonds. The fourth-order valence-corrected chi connectivity index (χ4v) is 2.93. The van der Waals surface area contributed by atoms with Gasteiger partial charge < -0.3 is 0 Å². The maximum absolute atomic E-state index is 4.76. The monoisotopic (exact) mass is 321 g/mol. The van der Waals surface area contributed by atoms with E-state index in [1.165, 1.54) is 27.8 Å². The lowest BCUT2D eigenvalue weighted by molar-refractivity contribution is 0.565. The molecule has 0 spiro atoms. The molecular formula is C23H31N. The number of aryl methyl sites for hydroxylation is 1. The van der Waals surface area contributed by atoms with Gasteiger partial charge in [0, 0.05) is 6.21 Å². The molecule has 0 bridgehead atoms. The van der Waals surface area contributed by atoms with Crippen molar-refractivity contribution in [1.29, 1.82) is 0 Å². The van der Waals surface area contributed by atoms with E-state index in [-0.39, 0.29) is 10.8 Å². The van der Waals surface area contributed by atoms with Gasteiger partial charge in [-0.1, -0.05) is 65.8 Å². The smallest absolute Gasteiger partial charge is 0.0659 e. The molecule has 24 heavy (non-hydrogen) atoms. The van der Waals surface area contributed by atoms with Crippen molar-refractivity contribution < 1.29 is 0 Å². The Bertz CT molecular complexity index is 753. The third-order valence-corrected chi connectivity index (χ3v) is 4.58. The first kappa shape index (κ1) is 18.4. The van der Waals surface area contributed by atoms with Gasteiger partial charge in [-0.15, -0.1) is 0 Å². The van der Waals surface area contributed by atoms with Gasteiger partial charge in [0.05, 0.1) is 5.69 Å². The summed E-state index contributed by atoms with van der Waals surface area (Å²) in [6, 6.07) is 12.9. The topological polar surface area (TPSA) is 12.4 Å². The fourth-order valence-electron chi connectivity index (χ4n) is 2.93. The maximum Gasteiger partial charge on any atom is 0.0659 e. The van der Waals surface area contributed by atoms with Gasteiger partial charge in [-0.2, -0.15) is 0 Å². The Kier molecular flexibility index (Phi) is 5.03. The van der Waals surface area contributed by atoms with Crippen LogP contribution in [-0.4, -0.2) is 6.21 Å². The average molecular weight is 322 g/mol. The van der Waals surface area contributed by atoms with E-state index in [2.05, 4.69) is 85.7 Å². The molecule has 0 fully saturated rings. The van der Waals surface area contributed by atoms with Gasteiger partial charge in [0.25, 0.3) is 0 Å². The zero-order valence-electron chi connectivity index (χ0n) is 16.5. The normalized spacial score (nSPS) is 12.8. The number of hydrogen-bond donors (Lipinski definition) is 0. The van der Waals surface area contributed by atoms with Crippen LogP contribution in [-0.2, 0) is 10.8 Å². The van der Waals surface area contributed by atoms with Gasteiger partial charge in [0.1, 0.15) is 0 Å². The highest BCUT2D eigenvalue weighted by molar-refractivity contribution is 5.85. The van der Waals surface area contributed by atoms with Crippen LogP contribution in [0.15, 0.2) is 41.4 Å². The van der Waals surface area contributed by atoms with E-state index < -0.39 is 0 Å². The van der Waals surface area contributed by atoms with E-state index in [4.69, 9.17) is 4.99 Å². The predicted octanol–water partition coefficient (Wildman–Crippen LogP) is 6.65. The predicted molar refractivity (Wildman–Crippen MR) is 107 cm³/mol. The van der Waals surface area contributed by atoms with Crippen molar-refractivity contribution in [2.75, 3.05) is 0 Å². The summed E-state index contributed by atoms with van der Waals surface area (Å²) < 4.78 is 0. The van der Waals surface area contributed by atoms with E-state index in [0.717, 1.165) is 5.69 Å². The number of hydrogen-bond acceptors (Lipinski definition) is 1. The summed E-state index contributed by atoms with van der Waals surface area (Å²) in [6.45, 7) is 18.0. The van der Waals surface area contributed by atoms with E-state index in [0.29, 0.717) is 0 Å². The van der Waals surface area contributed by atoms with E-state index >= 15 is 0 Å². The summed E-state index contributed by atoms with van der Waals surface area (Å²) in [7, 11) is 0. The van der Waals surface area contributed by atoms with Crippen molar-refractivity contribution in [3.63, 3.8) is 0 Å². The summed E-state index contributed by atoms with van der Waals surface area (Å²) >= 11 is 0. The van der Waals surface area contributed by atoms with E-state index in [1.54, 1.807) is 0 Å². The molecule has 2 aromatic carbocycles. The molecule has 0 saturated heterocycles. The molecular weight excluding hydrogens is 290 g/mol. The van der Waals surface area contributed by atoms with Crippen LogP contribution in [0.25, 0.3) is 0 Å². The Balaban J connectivity index is 2.59. The van der Waals surface area contributed by atoms with Crippen molar-refractivity contribution in [1.82, 2.24) is 0 Å². The molecule has 0 unspecified atom stereocenters. The molecule has 0 saturated carbocycles. The third-order valence-electron chi connectivity index (χ3n) is 4.58. The second-order valence-corrected chi connectivity index (χ2v) is 8.78. The highest BCUT2D eigenvalue weighted by atomic mass is 14.7. The Labute approximate surface area is 147 Å². The van der Waals surface area contributed by atoms with Crippen LogP contribution >= 0.6 is 0 Å². The zero-order chi connectivity index (χ0) is 18.1. The Morgan fingerprint density at radius 3 is 2.00 bits per heavy atom. The molecule has 2 aromatic rings. The number of rotatable bonds is 2. The highest BCUT2D eigenvalue weighted by Crippen LogP contribution is 2.33. The molecule has 0 N–H and O–H groups in total. The van der Waals surface area contributed by atoms with Gasteiger partial charge in [-0.3, -0.25) is 4.99 Å². The van der Waals surface area contributed by atoms with Crippen molar-refractivity contribution in [2.24, 2.45) is 4.99 Å². The Hall–Kier alpha value is -1.89. The quantitative estimate of drug-likeness (QED) is 0.549. The Morgan fingerprint density at radius 2 is 1.46 bits per heavy atom. The van der Waals surface area contributed by atoms with Gasteiger partial charge in [0.15, 0.2) is 0 Å². The molecule has 0 heterocycles. The summed E-state index contributed by atoms with van der Waals surface area (Å²) in [5.74, 6) is 0. The number of nitrogens with zero attached hydrogens (tertiary/aromatic N) is 1. The fraction of sp³-hybridized carbons (Fsp3) is 0.435. The van der Waals surface area contributed by atoms with Gasteiger partial charge >= 0.3 is 0 Å². The molecule has 128 valence electrons. The van der Waals surface area contributed by atoms with Gasteiger partial charge in [-0.25, -0.2) is 0 Å². The molecule has 0 aliphatic rings. The summed E-state index contributed by atoms with van der Waals surface area (Å²) in [5, 5.41) is 0. The molecule has 2 rings (SSSR count). The lowest BCUT2D eigenvalue weighted by Crippen LogP contribution is -2.19. The Morgan fingerprint density at radius 1 is 0.833 bits per heavy atom. The van der Waals surface area contributed by atoms with Crippen molar-refractivity contribution in [3.05, 3.63) is 64.2 Å².